The molecule has 108 valence electrons. The third-order valence-electron chi connectivity index (χ3n) is 3.14. The molecular formula is C14H20ClF2NO. The molecule has 1 aromatic carbocycles. The summed E-state index contributed by atoms with van der Waals surface area (Å²) in [6.45, 7) is 2.78. The highest BCUT2D eigenvalue weighted by Crippen LogP contribution is 2.24. The van der Waals surface area contributed by atoms with Crippen LogP contribution in [-0.4, -0.2) is 13.2 Å². The lowest BCUT2D eigenvalue weighted by Crippen LogP contribution is -2.22. The Hall–Kier alpha value is -0.870. The van der Waals surface area contributed by atoms with Gasteiger partial charge in [0.25, 0.3) is 0 Å². The third kappa shape index (κ3) is 5.74. The summed E-state index contributed by atoms with van der Waals surface area (Å²) < 4.78 is 29.0. The van der Waals surface area contributed by atoms with Crippen LogP contribution in [0.1, 0.15) is 32.3 Å². The van der Waals surface area contributed by atoms with Crippen molar-refractivity contribution in [3.63, 3.8) is 0 Å². The van der Waals surface area contributed by atoms with Gasteiger partial charge in [-0.25, -0.2) is 0 Å². The monoisotopic (exact) mass is 291 g/mol. The van der Waals surface area contributed by atoms with E-state index in [0.29, 0.717) is 23.0 Å². The Morgan fingerprint density at radius 2 is 1.95 bits per heavy atom. The van der Waals surface area contributed by atoms with Crippen LogP contribution in [0.3, 0.4) is 0 Å². The van der Waals surface area contributed by atoms with Crippen molar-refractivity contribution in [1.29, 1.82) is 0 Å². The molecule has 2 nitrogen and oxygen atoms in total. The first-order valence-corrected chi connectivity index (χ1v) is 6.88. The largest absolute Gasteiger partial charge is 0.434 e. The van der Waals surface area contributed by atoms with Crippen molar-refractivity contribution in [3.05, 3.63) is 28.8 Å². The Labute approximate surface area is 118 Å². The van der Waals surface area contributed by atoms with E-state index in [1.807, 2.05) is 0 Å². The molecule has 0 heterocycles. The van der Waals surface area contributed by atoms with Crippen molar-refractivity contribution in [3.8, 4) is 5.75 Å². The van der Waals surface area contributed by atoms with Gasteiger partial charge in [-0.2, -0.15) is 8.78 Å². The fraction of sp³-hybridized carbons (Fsp3) is 0.571. The second kappa shape index (κ2) is 8.33. The molecule has 0 atom stereocenters. The Morgan fingerprint density at radius 3 is 2.53 bits per heavy atom. The minimum atomic E-state index is -2.82. The zero-order valence-electron chi connectivity index (χ0n) is 11.3. The molecule has 0 saturated carbocycles. The zero-order valence-corrected chi connectivity index (χ0v) is 12.0. The van der Waals surface area contributed by atoms with Gasteiger partial charge in [0.2, 0.25) is 0 Å². The Balaban J connectivity index is 2.62. The summed E-state index contributed by atoms with van der Waals surface area (Å²) >= 11 is 5.88. The highest BCUT2D eigenvalue weighted by Gasteiger charge is 2.10. The molecule has 0 radical (unpaired) electrons. The summed E-state index contributed by atoms with van der Waals surface area (Å²) in [5.74, 6) is 0.773. The van der Waals surface area contributed by atoms with Crippen molar-refractivity contribution in [1.82, 2.24) is 5.32 Å². The van der Waals surface area contributed by atoms with E-state index in [9.17, 15) is 8.78 Å². The number of hydrogen-bond donors (Lipinski definition) is 1. The van der Waals surface area contributed by atoms with Gasteiger partial charge in [-0.05, 0) is 30.7 Å². The van der Waals surface area contributed by atoms with Gasteiger partial charge in [0.05, 0.1) is 0 Å². The highest BCUT2D eigenvalue weighted by atomic mass is 35.5. The number of nitrogens with one attached hydrogen (secondary N) is 1. The lowest BCUT2D eigenvalue weighted by Gasteiger charge is -2.15. The molecule has 1 aromatic rings. The highest BCUT2D eigenvalue weighted by molar-refractivity contribution is 6.30. The maximum absolute atomic E-state index is 12.3. The van der Waals surface area contributed by atoms with E-state index in [2.05, 4.69) is 23.9 Å². The molecule has 19 heavy (non-hydrogen) atoms. The maximum atomic E-state index is 12.3. The van der Waals surface area contributed by atoms with Crippen molar-refractivity contribution in [2.75, 3.05) is 6.54 Å². The summed E-state index contributed by atoms with van der Waals surface area (Å²) in [5.41, 5.74) is 0.652. The fourth-order valence-electron chi connectivity index (χ4n) is 1.89. The van der Waals surface area contributed by atoms with E-state index in [4.69, 9.17) is 11.6 Å². The van der Waals surface area contributed by atoms with Crippen LogP contribution in [0.5, 0.6) is 5.75 Å². The van der Waals surface area contributed by atoms with Crippen LogP contribution in [0.15, 0.2) is 18.2 Å². The zero-order chi connectivity index (χ0) is 14.3. The number of ether oxygens (including phenoxy) is 1. The summed E-state index contributed by atoms with van der Waals surface area (Å²) in [7, 11) is 0. The Morgan fingerprint density at radius 1 is 1.26 bits per heavy atom. The molecule has 0 aliphatic heterocycles. The first kappa shape index (κ1) is 16.2. The number of alkyl halides is 2. The molecule has 0 aliphatic carbocycles. The summed E-state index contributed by atoms with van der Waals surface area (Å²) in [4.78, 5) is 0. The quantitative estimate of drug-likeness (QED) is 0.763. The fourth-order valence-corrected chi connectivity index (χ4v) is 2.08. The molecule has 0 unspecified atom stereocenters. The van der Waals surface area contributed by atoms with Crippen molar-refractivity contribution in [2.45, 2.75) is 39.8 Å². The molecule has 5 heteroatoms. The van der Waals surface area contributed by atoms with Crippen LogP contribution in [0.2, 0.25) is 5.02 Å². The van der Waals surface area contributed by atoms with Crippen LogP contribution in [0.4, 0.5) is 8.78 Å². The van der Waals surface area contributed by atoms with Gasteiger partial charge in [0, 0.05) is 17.1 Å². The average molecular weight is 292 g/mol. The van der Waals surface area contributed by atoms with Gasteiger partial charge in [0.15, 0.2) is 0 Å². The summed E-state index contributed by atoms with van der Waals surface area (Å²) in [6, 6.07) is 4.67. The van der Waals surface area contributed by atoms with Gasteiger partial charge in [-0.1, -0.05) is 38.3 Å². The molecule has 0 aromatic heterocycles. The lowest BCUT2D eigenvalue weighted by molar-refractivity contribution is -0.0505. The number of benzene rings is 1. The van der Waals surface area contributed by atoms with Gasteiger partial charge in [-0.15, -0.1) is 0 Å². The van der Waals surface area contributed by atoms with Gasteiger partial charge in [-0.3, -0.25) is 0 Å². The van der Waals surface area contributed by atoms with Crippen molar-refractivity contribution < 1.29 is 13.5 Å². The number of halogens is 3. The van der Waals surface area contributed by atoms with Crippen LogP contribution >= 0.6 is 11.6 Å². The molecule has 1 rings (SSSR count). The molecule has 1 N–H and O–H groups in total. The number of hydrogen-bond acceptors (Lipinski definition) is 2. The predicted molar refractivity (Wildman–Crippen MR) is 73.9 cm³/mol. The van der Waals surface area contributed by atoms with Crippen LogP contribution in [-0.2, 0) is 6.54 Å². The lowest BCUT2D eigenvalue weighted by atomic mass is 10.0. The molecule has 0 fully saturated rings. The molecule has 0 saturated heterocycles. The predicted octanol–water partition coefficient (Wildman–Crippen LogP) is 4.47. The molecule has 0 amide bonds. The standard InChI is InChI=1S/C14H20ClF2NO/c1-3-10(4-2)8-18-9-11-7-12(15)5-6-13(11)19-14(16)17/h5-7,10,14,18H,3-4,8-9H2,1-2H3. The topological polar surface area (TPSA) is 21.3 Å². The minimum absolute atomic E-state index is 0.177. The van der Waals surface area contributed by atoms with Crippen LogP contribution < -0.4 is 10.1 Å². The normalized spacial score (nSPS) is 11.3. The maximum Gasteiger partial charge on any atom is 0.387 e. The van der Waals surface area contributed by atoms with Gasteiger partial charge in [0.1, 0.15) is 5.75 Å². The first-order valence-electron chi connectivity index (χ1n) is 6.50. The molecular weight excluding hydrogens is 272 g/mol. The minimum Gasteiger partial charge on any atom is -0.434 e. The van der Waals surface area contributed by atoms with E-state index in [0.717, 1.165) is 19.4 Å². The van der Waals surface area contributed by atoms with E-state index < -0.39 is 6.61 Å². The third-order valence-corrected chi connectivity index (χ3v) is 3.38. The van der Waals surface area contributed by atoms with Gasteiger partial charge >= 0.3 is 6.61 Å². The van der Waals surface area contributed by atoms with E-state index in [-0.39, 0.29) is 5.75 Å². The molecule has 0 aliphatic rings. The summed E-state index contributed by atoms with van der Waals surface area (Å²) in [5, 5.41) is 3.78. The Kier molecular flexibility index (Phi) is 7.10. The SMILES string of the molecule is CCC(CC)CNCc1cc(Cl)ccc1OC(F)F. The molecule has 0 spiro atoms. The van der Waals surface area contributed by atoms with E-state index >= 15 is 0 Å². The smallest absolute Gasteiger partial charge is 0.387 e. The van der Waals surface area contributed by atoms with E-state index in [1.165, 1.54) is 6.07 Å². The van der Waals surface area contributed by atoms with Crippen molar-refractivity contribution in [2.24, 2.45) is 5.92 Å². The summed E-state index contributed by atoms with van der Waals surface area (Å²) in [6.07, 6.45) is 2.19. The second-order valence-electron chi connectivity index (χ2n) is 4.44. The van der Waals surface area contributed by atoms with Gasteiger partial charge < -0.3 is 10.1 Å². The second-order valence-corrected chi connectivity index (χ2v) is 4.88. The van der Waals surface area contributed by atoms with E-state index in [1.54, 1.807) is 12.1 Å². The Bertz CT molecular complexity index is 384. The van der Waals surface area contributed by atoms with Crippen LogP contribution in [0.25, 0.3) is 0 Å². The molecule has 0 bridgehead atoms. The van der Waals surface area contributed by atoms with Crippen molar-refractivity contribution >= 4 is 11.6 Å². The first-order chi connectivity index (χ1) is 9.06. The average Bonchev–Trinajstić information content (AvgIpc) is 2.37. The number of rotatable bonds is 8. The van der Waals surface area contributed by atoms with Crippen LogP contribution in [0, 0.1) is 5.92 Å².